The number of rotatable bonds is 3. The Balaban J connectivity index is 1.58. The molecule has 1 aliphatic heterocycles. The van der Waals surface area contributed by atoms with Crippen molar-refractivity contribution in [1.29, 1.82) is 0 Å². The molecule has 2 aromatic carbocycles. The fraction of sp³-hybridized carbons (Fsp3) is 0.174. The van der Waals surface area contributed by atoms with E-state index >= 15 is 0 Å². The molecule has 0 fully saturated rings. The van der Waals surface area contributed by atoms with Crippen LogP contribution in [0.2, 0.25) is 5.02 Å². The zero-order valence-electron chi connectivity index (χ0n) is 16.1. The number of allylic oxidation sites excluding steroid dienone is 2. The van der Waals surface area contributed by atoms with Crippen LogP contribution in [0.1, 0.15) is 41.2 Å². The number of fused-ring (bicyclic) bond motifs is 1. The van der Waals surface area contributed by atoms with Crippen LogP contribution in [0.15, 0.2) is 72.1 Å². The lowest BCUT2D eigenvalue weighted by Crippen LogP contribution is -2.32. The van der Waals surface area contributed by atoms with Crippen molar-refractivity contribution in [3.8, 4) is 0 Å². The number of carbonyl (C=O) groups excluding carboxylic acids is 2. The molecule has 1 amide bonds. The number of nitrogens with one attached hydrogen (secondary N) is 2. The van der Waals surface area contributed by atoms with Gasteiger partial charge in [-0.2, -0.15) is 5.10 Å². The number of hydrogen-bond acceptors (Lipinski definition) is 4. The maximum atomic E-state index is 13.0. The maximum absolute atomic E-state index is 13.0. The summed E-state index contributed by atoms with van der Waals surface area (Å²) in [6.07, 6.45) is 3.61. The second-order valence-electron chi connectivity index (χ2n) is 7.42. The van der Waals surface area contributed by atoms with E-state index in [0.29, 0.717) is 34.1 Å². The van der Waals surface area contributed by atoms with E-state index in [2.05, 4.69) is 15.7 Å². The molecular weight excluding hydrogens is 400 g/mol. The van der Waals surface area contributed by atoms with Gasteiger partial charge in [0.25, 0.3) is 5.91 Å². The first kappa shape index (κ1) is 18.6. The summed E-state index contributed by atoms with van der Waals surface area (Å²) in [5, 5.41) is 11.4. The number of benzene rings is 2. The van der Waals surface area contributed by atoms with E-state index in [0.717, 1.165) is 24.1 Å². The van der Waals surface area contributed by atoms with Gasteiger partial charge in [0, 0.05) is 28.4 Å². The highest BCUT2D eigenvalue weighted by molar-refractivity contribution is 6.30. The lowest BCUT2D eigenvalue weighted by atomic mass is 9.85. The number of ketones is 1. The molecule has 1 unspecified atom stereocenters. The van der Waals surface area contributed by atoms with E-state index in [-0.39, 0.29) is 17.7 Å². The highest BCUT2D eigenvalue weighted by atomic mass is 35.5. The number of para-hydroxylation sites is 1. The molecule has 0 bridgehead atoms. The van der Waals surface area contributed by atoms with E-state index in [9.17, 15) is 9.59 Å². The Labute approximate surface area is 178 Å². The molecule has 0 saturated heterocycles. The first-order valence-electron chi connectivity index (χ1n) is 9.84. The number of amides is 1. The first-order chi connectivity index (χ1) is 14.6. The Bertz CT molecular complexity index is 1170. The predicted octanol–water partition coefficient (Wildman–Crippen LogP) is 4.81. The predicted molar refractivity (Wildman–Crippen MR) is 116 cm³/mol. The lowest BCUT2D eigenvalue weighted by Gasteiger charge is -2.33. The van der Waals surface area contributed by atoms with Crippen molar-refractivity contribution in [2.45, 2.75) is 25.3 Å². The second kappa shape index (κ2) is 7.46. The summed E-state index contributed by atoms with van der Waals surface area (Å²) in [7, 11) is 0. The zero-order valence-corrected chi connectivity index (χ0v) is 16.8. The zero-order chi connectivity index (χ0) is 20.7. The summed E-state index contributed by atoms with van der Waals surface area (Å²) in [6, 6.07) is 16.3. The number of carbonyl (C=O) groups is 2. The van der Waals surface area contributed by atoms with Gasteiger partial charge in [0.2, 0.25) is 0 Å². The molecule has 1 aliphatic carbocycles. The van der Waals surface area contributed by atoms with Gasteiger partial charge in [-0.1, -0.05) is 41.9 Å². The quantitative estimate of drug-likeness (QED) is 0.640. The van der Waals surface area contributed by atoms with Gasteiger partial charge in [-0.25, -0.2) is 4.68 Å². The Morgan fingerprint density at radius 2 is 1.87 bits per heavy atom. The highest BCUT2D eigenvalue weighted by Gasteiger charge is 2.37. The average molecular weight is 419 g/mol. The fourth-order valence-electron chi connectivity index (χ4n) is 4.10. The SMILES string of the molecule is O=C1CCCC2=C1C(c1ccc(Cl)cc1)n1ncc(C(=O)Nc3ccccc3)c1N2. The van der Waals surface area contributed by atoms with Crippen molar-refractivity contribution in [2.75, 3.05) is 10.6 Å². The molecule has 150 valence electrons. The van der Waals surface area contributed by atoms with Gasteiger partial charge >= 0.3 is 0 Å². The van der Waals surface area contributed by atoms with Gasteiger partial charge in [-0.15, -0.1) is 0 Å². The second-order valence-corrected chi connectivity index (χ2v) is 7.86. The third-order valence-corrected chi connectivity index (χ3v) is 5.75. The minimum Gasteiger partial charge on any atom is -0.343 e. The molecule has 3 aromatic rings. The Kier molecular flexibility index (Phi) is 4.64. The van der Waals surface area contributed by atoms with Crippen LogP contribution in [0.5, 0.6) is 0 Å². The van der Waals surface area contributed by atoms with Crippen molar-refractivity contribution in [2.24, 2.45) is 0 Å². The van der Waals surface area contributed by atoms with Crippen LogP contribution in [0, 0.1) is 0 Å². The molecule has 30 heavy (non-hydrogen) atoms. The van der Waals surface area contributed by atoms with Crippen molar-refractivity contribution >= 4 is 34.8 Å². The first-order valence-corrected chi connectivity index (χ1v) is 10.2. The monoisotopic (exact) mass is 418 g/mol. The Morgan fingerprint density at radius 1 is 1.10 bits per heavy atom. The number of anilines is 2. The minimum atomic E-state index is -0.389. The highest BCUT2D eigenvalue weighted by Crippen LogP contribution is 2.41. The molecule has 6 nitrogen and oxygen atoms in total. The number of nitrogens with zero attached hydrogens (tertiary/aromatic N) is 2. The third-order valence-electron chi connectivity index (χ3n) is 5.50. The van der Waals surface area contributed by atoms with Crippen molar-refractivity contribution in [3.05, 3.63) is 88.2 Å². The molecule has 1 aromatic heterocycles. The van der Waals surface area contributed by atoms with Crippen molar-refractivity contribution in [1.82, 2.24) is 9.78 Å². The number of hydrogen-bond donors (Lipinski definition) is 2. The Morgan fingerprint density at radius 3 is 2.63 bits per heavy atom. The van der Waals surface area contributed by atoms with Crippen LogP contribution in [-0.4, -0.2) is 21.5 Å². The van der Waals surface area contributed by atoms with Crippen LogP contribution < -0.4 is 10.6 Å². The van der Waals surface area contributed by atoms with Crippen LogP contribution in [0.3, 0.4) is 0 Å². The average Bonchev–Trinajstić information content (AvgIpc) is 3.18. The molecule has 0 spiro atoms. The molecule has 7 heteroatoms. The lowest BCUT2D eigenvalue weighted by molar-refractivity contribution is -0.116. The van der Waals surface area contributed by atoms with Gasteiger partial charge in [0.05, 0.1) is 6.20 Å². The van der Waals surface area contributed by atoms with Gasteiger partial charge in [-0.3, -0.25) is 9.59 Å². The number of halogens is 1. The minimum absolute atomic E-state index is 0.111. The molecule has 2 aliphatic rings. The maximum Gasteiger partial charge on any atom is 0.261 e. The summed E-state index contributed by atoms with van der Waals surface area (Å²) in [5.74, 6) is 0.452. The number of aromatic nitrogens is 2. The van der Waals surface area contributed by atoms with E-state index in [1.165, 1.54) is 0 Å². The van der Waals surface area contributed by atoms with Crippen molar-refractivity contribution in [3.63, 3.8) is 0 Å². The smallest absolute Gasteiger partial charge is 0.261 e. The van der Waals surface area contributed by atoms with Gasteiger partial charge in [-0.05, 0) is 42.7 Å². The van der Waals surface area contributed by atoms with E-state index in [4.69, 9.17) is 11.6 Å². The Hall–Kier alpha value is -3.38. The van der Waals surface area contributed by atoms with Crippen LogP contribution in [0.25, 0.3) is 0 Å². The molecule has 5 rings (SSSR count). The van der Waals surface area contributed by atoms with E-state index in [1.54, 1.807) is 23.0 Å². The standard InChI is InChI=1S/C23H19ClN4O2/c24-15-11-9-14(10-12-15)21-20-18(7-4-8-19(20)29)27-22-17(13-25-28(21)22)23(30)26-16-5-2-1-3-6-16/h1-3,5-6,9-13,21,27H,4,7-8H2,(H,26,30). The van der Waals surface area contributed by atoms with Crippen LogP contribution in [-0.2, 0) is 4.79 Å². The van der Waals surface area contributed by atoms with Crippen molar-refractivity contribution < 1.29 is 9.59 Å². The van der Waals surface area contributed by atoms with Crippen LogP contribution in [0.4, 0.5) is 11.5 Å². The molecule has 0 radical (unpaired) electrons. The summed E-state index contributed by atoms with van der Waals surface area (Å²) >= 11 is 6.07. The van der Waals surface area contributed by atoms with E-state index < -0.39 is 0 Å². The topological polar surface area (TPSA) is 76.0 Å². The van der Waals surface area contributed by atoms with Gasteiger partial charge in [0.1, 0.15) is 17.4 Å². The van der Waals surface area contributed by atoms with Gasteiger partial charge in [0.15, 0.2) is 5.78 Å². The summed E-state index contributed by atoms with van der Waals surface area (Å²) in [6.45, 7) is 0. The summed E-state index contributed by atoms with van der Waals surface area (Å²) < 4.78 is 1.73. The fourth-order valence-corrected chi connectivity index (χ4v) is 4.22. The summed E-state index contributed by atoms with van der Waals surface area (Å²) in [5.41, 5.74) is 3.63. The molecule has 2 N–H and O–H groups in total. The third kappa shape index (κ3) is 3.19. The largest absolute Gasteiger partial charge is 0.343 e. The van der Waals surface area contributed by atoms with Gasteiger partial charge < -0.3 is 10.6 Å². The van der Waals surface area contributed by atoms with Crippen LogP contribution >= 0.6 is 11.6 Å². The molecular formula is C23H19ClN4O2. The number of Topliss-reactive ketones (excluding diaryl/α,β-unsaturated/α-hetero) is 1. The molecule has 2 heterocycles. The normalized spacial score (nSPS) is 17.8. The molecule has 0 saturated carbocycles. The van der Waals surface area contributed by atoms with E-state index in [1.807, 2.05) is 42.5 Å². The summed E-state index contributed by atoms with van der Waals surface area (Å²) in [4.78, 5) is 25.8. The molecule has 1 atom stereocenters.